The van der Waals surface area contributed by atoms with Crippen LogP contribution in [0.15, 0.2) is 53.7 Å². The number of thioether (sulfide) groups is 1. The van der Waals surface area contributed by atoms with E-state index in [-0.39, 0.29) is 24.3 Å². The number of benzene rings is 2. The molecule has 0 radical (unpaired) electrons. The van der Waals surface area contributed by atoms with Crippen molar-refractivity contribution in [2.24, 2.45) is 0 Å². The second kappa shape index (κ2) is 8.19. The van der Waals surface area contributed by atoms with E-state index in [0.29, 0.717) is 33.8 Å². The Morgan fingerprint density at radius 1 is 1.00 bits per heavy atom. The zero-order chi connectivity index (χ0) is 21.3. The lowest BCUT2D eigenvalue weighted by Gasteiger charge is -2.12. The van der Waals surface area contributed by atoms with Crippen molar-refractivity contribution in [3.63, 3.8) is 0 Å². The lowest BCUT2D eigenvalue weighted by molar-refractivity contribution is 0.0684. The number of ether oxygens (including phenoxy) is 1. The monoisotopic (exact) mass is 423 g/mol. The van der Waals surface area contributed by atoms with Crippen LogP contribution in [0.5, 0.6) is 5.75 Å². The average molecular weight is 423 g/mol. The highest BCUT2D eigenvalue weighted by atomic mass is 32.2. The van der Waals surface area contributed by atoms with Crippen LogP contribution in [-0.4, -0.2) is 37.5 Å². The van der Waals surface area contributed by atoms with E-state index in [1.54, 1.807) is 24.3 Å². The SMILES string of the molecule is CC(C)c1ccc(OCc2nnc(SCN3C(=O)c4ccccc4C3=O)n2N)cc1. The predicted molar refractivity (Wildman–Crippen MR) is 113 cm³/mol. The summed E-state index contributed by atoms with van der Waals surface area (Å²) >= 11 is 1.16. The summed E-state index contributed by atoms with van der Waals surface area (Å²) in [5, 5.41) is 8.49. The van der Waals surface area contributed by atoms with Crippen molar-refractivity contribution >= 4 is 23.6 Å². The molecule has 1 aliphatic rings. The Balaban J connectivity index is 1.37. The molecule has 9 heteroatoms. The normalized spacial score (nSPS) is 13.2. The molecule has 2 aromatic carbocycles. The smallest absolute Gasteiger partial charge is 0.262 e. The van der Waals surface area contributed by atoms with Gasteiger partial charge in [0.2, 0.25) is 5.16 Å². The Morgan fingerprint density at radius 3 is 2.23 bits per heavy atom. The van der Waals surface area contributed by atoms with Gasteiger partial charge in [-0.25, -0.2) is 4.68 Å². The Bertz CT molecular complexity index is 1060. The van der Waals surface area contributed by atoms with E-state index in [0.717, 1.165) is 11.8 Å². The first-order valence-corrected chi connectivity index (χ1v) is 10.4. The molecule has 0 bridgehead atoms. The largest absolute Gasteiger partial charge is 0.486 e. The number of amides is 2. The fourth-order valence-corrected chi connectivity index (χ4v) is 3.90. The van der Waals surface area contributed by atoms with Crippen LogP contribution in [-0.2, 0) is 6.61 Å². The van der Waals surface area contributed by atoms with Crippen LogP contribution < -0.4 is 10.6 Å². The maximum Gasteiger partial charge on any atom is 0.262 e. The van der Waals surface area contributed by atoms with Gasteiger partial charge in [0.15, 0.2) is 5.82 Å². The van der Waals surface area contributed by atoms with Gasteiger partial charge in [0.05, 0.1) is 17.0 Å². The summed E-state index contributed by atoms with van der Waals surface area (Å²) in [5.41, 5.74) is 2.06. The molecule has 0 saturated carbocycles. The predicted octanol–water partition coefficient (Wildman–Crippen LogP) is 3.04. The first kappa shape index (κ1) is 20.0. The molecule has 0 spiro atoms. The van der Waals surface area contributed by atoms with Crippen molar-refractivity contribution in [2.75, 3.05) is 11.7 Å². The summed E-state index contributed by atoms with van der Waals surface area (Å²) in [5.74, 6) is 7.13. The quantitative estimate of drug-likeness (QED) is 0.354. The summed E-state index contributed by atoms with van der Waals surface area (Å²) in [6, 6.07) is 14.6. The molecule has 3 aromatic rings. The fourth-order valence-electron chi connectivity index (χ4n) is 3.08. The summed E-state index contributed by atoms with van der Waals surface area (Å²) in [6.07, 6.45) is 0. The highest BCUT2D eigenvalue weighted by molar-refractivity contribution is 7.99. The molecule has 4 rings (SSSR count). The first-order valence-electron chi connectivity index (χ1n) is 9.46. The molecular weight excluding hydrogens is 402 g/mol. The van der Waals surface area contributed by atoms with E-state index in [1.807, 2.05) is 24.3 Å². The highest BCUT2D eigenvalue weighted by Crippen LogP contribution is 2.26. The molecule has 0 unspecified atom stereocenters. The van der Waals surface area contributed by atoms with Gasteiger partial charge in [-0.3, -0.25) is 14.5 Å². The number of nitrogen functional groups attached to an aromatic ring is 1. The van der Waals surface area contributed by atoms with Gasteiger partial charge < -0.3 is 10.6 Å². The van der Waals surface area contributed by atoms with Gasteiger partial charge in [-0.05, 0) is 35.7 Å². The molecule has 154 valence electrons. The number of hydrogen-bond donors (Lipinski definition) is 1. The molecule has 2 amide bonds. The summed E-state index contributed by atoms with van der Waals surface area (Å²) in [7, 11) is 0. The molecule has 2 N–H and O–H groups in total. The van der Waals surface area contributed by atoms with Crippen LogP contribution in [0.3, 0.4) is 0 Å². The zero-order valence-electron chi connectivity index (χ0n) is 16.6. The molecule has 30 heavy (non-hydrogen) atoms. The topological polar surface area (TPSA) is 103 Å². The molecule has 0 fully saturated rings. The number of imide groups is 1. The molecular formula is C21H21N5O3S. The van der Waals surface area contributed by atoms with Crippen LogP contribution in [0.25, 0.3) is 0 Å². The van der Waals surface area contributed by atoms with Crippen LogP contribution in [0.4, 0.5) is 0 Å². The lowest BCUT2D eigenvalue weighted by atomic mass is 10.0. The van der Waals surface area contributed by atoms with Gasteiger partial charge in [-0.15, -0.1) is 10.2 Å². The van der Waals surface area contributed by atoms with Crippen molar-refractivity contribution in [3.05, 3.63) is 71.0 Å². The third-order valence-corrected chi connectivity index (χ3v) is 5.77. The van der Waals surface area contributed by atoms with Gasteiger partial charge in [0.25, 0.3) is 11.8 Å². The maximum absolute atomic E-state index is 12.4. The second-order valence-electron chi connectivity index (χ2n) is 7.14. The average Bonchev–Trinajstić information content (AvgIpc) is 3.22. The minimum atomic E-state index is -0.320. The fraction of sp³-hybridized carbons (Fsp3) is 0.238. The van der Waals surface area contributed by atoms with Gasteiger partial charge in [-0.1, -0.05) is 49.9 Å². The van der Waals surface area contributed by atoms with Crippen molar-refractivity contribution in [1.82, 2.24) is 19.8 Å². The molecule has 0 aliphatic carbocycles. The van der Waals surface area contributed by atoms with E-state index in [1.165, 1.54) is 15.1 Å². The highest BCUT2D eigenvalue weighted by Gasteiger charge is 2.35. The van der Waals surface area contributed by atoms with E-state index < -0.39 is 0 Å². The Labute approximate surface area is 178 Å². The van der Waals surface area contributed by atoms with Gasteiger partial charge >= 0.3 is 0 Å². The number of carbonyl (C=O) groups is 2. The Kier molecular flexibility index (Phi) is 5.45. The van der Waals surface area contributed by atoms with Crippen molar-refractivity contribution in [2.45, 2.75) is 31.5 Å². The number of aromatic nitrogens is 3. The minimum absolute atomic E-state index is 0.0964. The van der Waals surface area contributed by atoms with Crippen LogP contribution >= 0.6 is 11.8 Å². The van der Waals surface area contributed by atoms with Crippen LogP contribution in [0, 0.1) is 0 Å². The van der Waals surface area contributed by atoms with Crippen molar-refractivity contribution in [3.8, 4) is 5.75 Å². The third-order valence-electron chi connectivity index (χ3n) is 4.85. The standard InChI is InChI=1S/C21H21N5O3S/c1-13(2)14-7-9-15(10-8-14)29-11-18-23-24-21(26(18)22)30-12-25-19(27)16-5-3-4-6-17(16)20(25)28/h3-10,13H,11-12,22H2,1-2H3. The number of fused-ring (bicyclic) bond motifs is 1. The van der Waals surface area contributed by atoms with Gasteiger partial charge in [-0.2, -0.15) is 0 Å². The summed E-state index contributed by atoms with van der Waals surface area (Å²) < 4.78 is 7.05. The molecule has 1 aliphatic heterocycles. The van der Waals surface area contributed by atoms with E-state index in [4.69, 9.17) is 10.6 Å². The van der Waals surface area contributed by atoms with Gasteiger partial charge in [0.1, 0.15) is 12.4 Å². The maximum atomic E-state index is 12.4. The van der Waals surface area contributed by atoms with E-state index in [9.17, 15) is 9.59 Å². The second-order valence-corrected chi connectivity index (χ2v) is 8.05. The van der Waals surface area contributed by atoms with Gasteiger partial charge in [0, 0.05) is 0 Å². The van der Waals surface area contributed by atoms with Crippen molar-refractivity contribution in [1.29, 1.82) is 0 Å². The first-order chi connectivity index (χ1) is 14.5. The number of rotatable bonds is 7. The molecule has 8 nitrogen and oxygen atoms in total. The minimum Gasteiger partial charge on any atom is -0.486 e. The third kappa shape index (κ3) is 3.76. The molecule has 0 saturated heterocycles. The Morgan fingerprint density at radius 2 is 1.63 bits per heavy atom. The number of nitrogens with two attached hydrogens (primary N) is 1. The molecule has 0 atom stereocenters. The molecule has 1 aromatic heterocycles. The summed E-state index contributed by atoms with van der Waals surface area (Å²) in [4.78, 5) is 26.1. The Hall–Kier alpha value is -3.33. The van der Waals surface area contributed by atoms with Crippen LogP contribution in [0.2, 0.25) is 0 Å². The molecule has 2 heterocycles. The van der Waals surface area contributed by atoms with Crippen LogP contribution in [0.1, 0.15) is 51.9 Å². The summed E-state index contributed by atoms with van der Waals surface area (Å²) in [6.45, 7) is 4.42. The number of nitrogens with zero attached hydrogens (tertiary/aromatic N) is 4. The van der Waals surface area contributed by atoms with E-state index in [2.05, 4.69) is 24.0 Å². The van der Waals surface area contributed by atoms with Crippen molar-refractivity contribution < 1.29 is 14.3 Å². The lowest BCUT2D eigenvalue weighted by Crippen LogP contribution is -2.29. The number of hydrogen-bond acceptors (Lipinski definition) is 7. The zero-order valence-corrected chi connectivity index (χ0v) is 17.4. The van der Waals surface area contributed by atoms with E-state index >= 15 is 0 Å². The number of carbonyl (C=O) groups excluding carboxylic acids is 2.